The summed E-state index contributed by atoms with van der Waals surface area (Å²) in [6.07, 6.45) is -0.0288. The third kappa shape index (κ3) is 3.17. The summed E-state index contributed by atoms with van der Waals surface area (Å²) in [4.78, 5) is 21.1. The van der Waals surface area contributed by atoms with Gasteiger partial charge in [-0.05, 0) is 12.1 Å². The molecule has 1 unspecified atom stereocenters. The second kappa shape index (κ2) is 5.46. The Bertz CT molecular complexity index is 439. The van der Waals surface area contributed by atoms with Crippen LogP contribution in [0.4, 0.5) is 10.5 Å². The molecular weight excluding hydrogens is 242 g/mol. The number of hydrogen-bond acceptors (Lipinski definition) is 6. The lowest BCUT2D eigenvalue weighted by Gasteiger charge is -2.25. The van der Waals surface area contributed by atoms with Crippen LogP contribution in [0.15, 0.2) is 24.3 Å². The van der Waals surface area contributed by atoms with Crippen molar-refractivity contribution in [2.24, 2.45) is 0 Å². The van der Waals surface area contributed by atoms with Crippen LogP contribution in [0.5, 0.6) is 5.75 Å². The molecule has 0 aromatic heterocycles. The third-order valence-electron chi connectivity index (χ3n) is 2.43. The number of nitrogens with zero attached hydrogens (tertiary/aromatic N) is 1. The van der Waals surface area contributed by atoms with Gasteiger partial charge in [-0.3, -0.25) is 10.1 Å². The molecule has 18 heavy (non-hydrogen) atoms. The fraction of sp³-hybridized carbons (Fsp3) is 0.364. The van der Waals surface area contributed by atoms with Crippen LogP contribution in [0.1, 0.15) is 6.42 Å². The lowest BCUT2D eigenvalue weighted by Crippen LogP contribution is -2.32. The van der Waals surface area contributed by atoms with E-state index in [9.17, 15) is 14.9 Å². The van der Waals surface area contributed by atoms with Gasteiger partial charge in [0.15, 0.2) is 0 Å². The number of carbonyl (C=O) groups is 1. The maximum atomic E-state index is 11.2. The van der Waals surface area contributed by atoms with Gasteiger partial charge in [0.05, 0.1) is 11.0 Å². The molecule has 0 N–H and O–H groups in total. The summed E-state index contributed by atoms with van der Waals surface area (Å²) in [5.74, 6) is 0.195. The number of rotatable bonds is 4. The van der Waals surface area contributed by atoms with Gasteiger partial charge in [0.2, 0.25) is 0 Å². The van der Waals surface area contributed by atoms with E-state index in [-0.39, 0.29) is 24.1 Å². The molecule has 1 heterocycles. The molecule has 1 aliphatic heterocycles. The second-order valence-electron chi connectivity index (χ2n) is 3.70. The molecule has 0 amide bonds. The second-order valence-corrected chi connectivity index (χ2v) is 3.70. The van der Waals surface area contributed by atoms with Crippen molar-refractivity contribution in [1.29, 1.82) is 0 Å². The number of ether oxygens (including phenoxy) is 3. The maximum absolute atomic E-state index is 11.2. The molecule has 96 valence electrons. The minimum absolute atomic E-state index is 0.0468. The summed E-state index contributed by atoms with van der Waals surface area (Å²) in [6.45, 7) is 0.844. The molecule has 0 saturated carbocycles. The number of nitro groups is 1. The molecule has 1 aromatic rings. The minimum atomic E-state index is -0.848. The number of benzene rings is 1. The van der Waals surface area contributed by atoms with Crippen LogP contribution < -0.4 is 4.74 Å². The summed E-state index contributed by atoms with van der Waals surface area (Å²) in [5.41, 5.74) is -0.0708. The van der Waals surface area contributed by atoms with Gasteiger partial charge in [0.25, 0.3) is 5.69 Å². The Morgan fingerprint density at radius 2 is 2.11 bits per heavy atom. The van der Waals surface area contributed by atoms with Crippen LogP contribution >= 0.6 is 0 Å². The van der Waals surface area contributed by atoms with E-state index in [0.29, 0.717) is 6.61 Å². The summed E-state index contributed by atoms with van der Waals surface area (Å²) in [7, 11) is 0. The van der Waals surface area contributed by atoms with Crippen molar-refractivity contribution >= 4 is 11.8 Å². The van der Waals surface area contributed by atoms with Crippen LogP contribution in [0.25, 0.3) is 0 Å². The minimum Gasteiger partial charge on any atom is -0.431 e. The van der Waals surface area contributed by atoms with E-state index in [2.05, 4.69) is 0 Å². The molecule has 0 bridgehead atoms. The molecule has 1 fully saturated rings. The summed E-state index contributed by atoms with van der Waals surface area (Å²) in [6, 6.07) is 5.16. The normalized spacial score (nSPS) is 17.7. The van der Waals surface area contributed by atoms with Crippen LogP contribution in [0.3, 0.4) is 0 Å². The molecule has 7 nitrogen and oxygen atoms in total. The first kappa shape index (κ1) is 12.3. The van der Waals surface area contributed by atoms with E-state index in [1.54, 1.807) is 0 Å². The Kier molecular flexibility index (Phi) is 3.73. The largest absolute Gasteiger partial charge is 0.513 e. The van der Waals surface area contributed by atoms with Crippen molar-refractivity contribution in [2.45, 2.75) is 12.5 Å². The van der Waals surface area contributed by atoms with Crippen molar-refractivity contribution in [3.63, 3.8) is 0 Å². The van der Waals surface area contributed by atoms with Crippen LogP contribution in [0.2, 0.25) is 0 Å². The Hall–Kier alpha value is -2.15. The van der Waals surface area contributed by atoms with Gasteiger partial charge in [-0.25, -0.2) is 4.79 Å². The average molecular weight is 253 g/mol. The van der Waals surface area contributed by atoms with Crippen molar-refractivity contribution in [3.05, 3.63) is 34.4 Å². The first-order valence-electron chi connectivity index (χ1n) is 5.36. The van der Waals surface area contributed by atoms with E-state index in [4.69, 9.17) is 14.2 Å². The van der Waals surface area contributed by atoms with E-state index < -0.39 is 11.1 Å². The lowest BCUT2D eigenvalue weighted by atomic mass is 10.2. The van der Waals surface area contributed by atoms with Crippen molar-refractivity contribution in [3.8, 4) is 5.75 Å². The van der Waals surface area contributed by atoms with Crippen molar-refractivity contribution < 1.29 is 23.9 Å². The Morgan fingerprint density at radius 1 is 1.44 bits per heavy atom. The van der Waals surface area contributed by atoms with Crippen LogP contribution in [-0.2, 0) is 9.47 Å². The highest BCUT2D eigenvalue weighted by atomic mass is 16.7. The first-order chi connectivity index (χ1) is 8.65. The zero-order chi connectivity index (χ0) is 13.0. The number of nitro benzene ring substituents is 1. The van der Waals surface area contributed by atoms with Gasteiger partial charge >= 0.3 is 6.16 Å². The molecule has 1 aliphatic rings. The van der Waals surface area contributed by atoms with E-state index >= 15 is 0 Å². The van der Waals surface area contributed by atoms with Crippen molar-refractivity contribution in [1.82, 2.24) is 0 Å². The topological polar surface area (TPSA) is 87.9 Å². The predicted octanol–water partition coefficient (Wildman–Crippen LogP) is 1.90. The number of non-ortho nitro benzene ring substituents is 1. The molecular formula is C11H11NO6. The molecule has 0 radical (unpaired) electrons. The molecule has 0 aliphatic carbocycles. The van der Waals surface area contributed by atoms with Crippen LogP contribution in [0, 0.1) is 10.1 Å². The summed E-state index contributed by atoms with van der Waals surface area (Å²) >= 11 is 0. The Morgan fingerprint density at radius 3 is 2.61 bits per heavy atom. The average Bonchev–Trinajstić information content (AvgIpc) is 2.27. The highest BCUT2D eigenvalue weighted by Crippen LogP contribution is 2.18. The SMILES string of the molecule is O=C(OCC1CCO1)Oc1ccc([N+](=O)[O-])cc1. The van der Waals surface area contributed by atoms with E-state index in [1.807, 2.05) is 0 Å². The smallest absolute Gasteiger partial charge is 0.431 e. The quantitative estimate of drug-likeness (QED) is 0.352. The highest BCUT2D eigenvalue weighted by Gasteiger charge is 2.20. The van der Waals surface area contributed by atoms with E-state index in [1.165, 1.54) is 24.3 Å². The van der Waals surface area contributed by atoms with E-state index in [0.717, 1.165) is 6.42 Å². The van der Waals surface area contributed by atoms with Gasteiger partial charge in [0, 0.05) is 25.2 Å². The van der Waals surface area contributed by atoms with Gasteiger partial charge in [0.1, 0.15) is 12.4 Å². The third-order valence-corrected chi connectivity index (χ3v) is 2.43. The zero-order valence-electron chi connectivity index (χ0n) is 9.40. The van der Waals surface area contributed by atoms with Crippen molar-refractivity contribution in [2.75, 3.05) is 13.2 Å². The first-order valence-corrected chi connectivity index (χ1v) is 5.36. The summed E-state index contributed by atoms with van der Waals surface area (Å²) in [5, 5.41) is 10.4. The number of carbonyl (C=O) groups excluding carboxylic acids is 1. The van der Waals surface area contributed by atoms with Gasteiger partial charge in [-0.15, -0.1) is 0 Å². The molecule has 1 atom stereocenters. The monoisotopic (exact) mass is 253 g/mol. The molecule has 2 rings (SSSR count). The molecule has 0 spiro atoms. The molecule has 1 saturated heterocycles. The number of hydrogen-bond donors (Lipinski definition) is 0. The van der Waals surface area contributed by atoms with Crippen LogP contribution in [-0.4, -0.2) is 30.4 Å². The standard InChI is InChI=1S/C11H11NO6/c13-11(17-7-10-5-6-16-10)18-9-3-1-8(2-4-9)12(14)15/h1-4,10H,5-7H2. The summed E-state index contributed by atoms with van der Waals surface area (Å²) < 4.78 is 14.7. The maximum Gasteiger partial charge on any atom is 0.513 e. The Balaban J connectivity index is 1.80. The van der Waals surface area contributed by atoms with Gasteiger partial charge in [-0.1, -0.05) is 0 Å². The predicted molar refractivity (Wildman–Crippen MR) is 59.4 cm³/mol. The van der Waals surface area contributed by atoms with Gasteiger partial charge < -0.3 is 14.2 Å². The lowest BCUT2D eigenvalue weighted by molar-refractivity contribution is -0.384. The molecule has 7 heteroatoms. The molecule has 1 aromatic carbocycles. The fourth-order valence-electron chi connectivity index (χ4n) is 1.34. The zero-order valence-corrected chi connectivity index (χ0v) is 9.40. The fourth-order valence-corrected chi connectivity index (χ4v) is 1.34. The Labute approximate surface area is 102 Å². The van der Waals surface area contributed by atoms with Gasteiger partial charge in [-0.2, -0.15) is 0 Å². The highest BCUT2D eigenvalue weighted by molar-refractivity contribution is 5.64.